The average Bonchev–Trinajstić information content (AvgIpc) is 3.21. The van der Waals surface area contributed by atoms with Crippen LogP contribution >= 0.6 is 11.8 Å². The molecule has 1 unspecified atom stereocenters. The highest BCUT2D eigenvalue weighted by Gasteiger charge is 2.63. The summed E-state index contributed by atoms with van der Waals surface area (Å²) in [4.78, 5) is 17.1. The Labute approximate surface area is 208 Å². The molecule has 2 aliphatic rings. The molecule has 1 atom stereocenters. The van der Waals surface area contributed by atoms with Crippen LogP contribution in [0.5, 0.6) is 0 Å². The van der Waals surface area contributed by atoms with Crippen molar-refractivity contribution in [2.24, 2.45) is 5.16 Å². The first kappa shape index (κ1) is 27.1. The van der Waals surface area contributed by atoms with Crippen molar-refractivity contribution < 1.29 is 49.1 Å². The fourth-order valence-electron chi connectivity index (χ4n) is 3.93. The second kappa shape index (κ2) is 9.14. The summed E-state index contributed by atoms with van der Waals surface area (Å²) in [5, 5.41) is 6.21. The summed E-state index contributed by atoms with van der Waals surface area (Å²) < 4.78 is 122. The molecule has 2 heterocycles. The predicted molar refractivity (Wildman–Crippen MR) is 116 cm³/mol. The number of hydrogen-bond acceptors (Lipinski definition) is 4. The lowest BCUT2D eigenvalue weighted by atomic mass is 9.84. The monoisotopic (exact) mass is 556 g/mol. The number of rotatable bonds is 4. The molecule has 1 saturated heterocycles. The van der Waals surface area contributed by atoms with Crippen LogP contribution in [-0.4, -0.2) is 35.3 Å². The largest absolute Gasteiger partial charge is 0.435 e. The number of aryl methyl sites for hydroxylation is 1. The lowest BCUT2D eigenvalue weighted by Crippen LogP contribution is -2.44. The van der Waals surface area contributed by atoms with Crippen molar-refractivity contribution in [1.82, 2.24) is 5.32 Å². The Balaban J connectivity index is 1.70. The van der Waals surface area contributed by atoms with E-state index in [0.717, 1.165) is 11.5 Å². The van der Waals surface area contributed by atoms with Crippen LogP contribution in [0.4, 0.5) is 39.5 Å². The van der Waals surface area contributed by atoms with Gasteiger partial charge in [-0.05, 0) is 48.4 Å². The van der Waals surface area contributed by atoms with Crippen LogP contribution in [0.2, 0.25) is 0 Å². The Morgan fingerprint density at radius 3 is 2.03 bits per heavy atom. The zero-order chi connectivity index (χ0) is 27.4. The highest BCUT2D eigenvalue weighted by atomic mass is 32.2. The Hall–Kier alpha value is -2.90. The van der Waals surface area contributed by atoms with Crippen LogP contribution in [-0.2, 0) is 22.8 Å². The molecule has 0 spiro atoms. The van der Waals surface area contributed by atoms with Crippen LogP contribution < -0.4 is 5.32 Å². The summed E-state index contributed by atoms with van der Waals surface area (Å²) in [6, 6.07) is 3.71. The fourth-order valence-corrected chi connectivity index (χ4v) is 4.56. The summed E-state index contributed by atoms with van der Waals surface area (Å²) in [6.07, 6.45) is -17.3. The quantitative estimate of drug-likeness (QED) is 0.440. The standard InChI is InChI=1S/C23H17F9N2O2S/c1-11-4-12(2-3-17(11)19(35)33-16-9-37-10-16)18-8-20(36-34-18,23(30,31)32)13-5-14(21(24,25)26)7-15(6-13)22(27,28)29/h2-7,16H,8-10H2,1H3,(H,33,35). The van der Waals surface area contributed by atoms with E-state index >= 15 is 0 Å². The fraction of sp³-hybridized carbons (Fsp3) is 0.391. The molecular formula is C23H17F9N2O2S. The zero-order valence-corrected chi connectivity index (χ0v) is 19.6. The van der Waals surface area contributed by atoms with Crippen LogP contribution in [0.25, 0.3) is 0 Å². The molecule has 2 aromatic carbocycles. The van der Waals surface area contributed by atoms with Gasteiger partial charge in [0.05, 0.1) is 16.8 Å². The molecule has 1 N–H and O–H groups in total. The number of benzene rings is 2. The van der Waals surface area contributed by atoms with Gasteiger partial charge in [0.1, 0.15) is 0 Å². The topological polar surface area (TPSA) is 50.7 Å². The third-order valence-corrected chi connectivity index (χ3v) is 7.29. The molecule has 0 aliphatic carbocycles. The molecular weight excluding hydrogens is 539 g/mol. The van der Waals surface area contributed by atoms with Crippen molar-refractivity contribution in [2.45, 2.75) is 43.5 Å². The minimum atomic E-state index is -5.43. The maximum absolute atomic E-state index is 14.2. The van der Waals surface area contributed by atoms with Crippen molar-refractivity contribution in [3.8, 4) is 0 Å². The minimum Gasteiger partial charge on any atom is -0.374 e. The highest BCUT2D eigenvalue weighted by Crippen LogP contribution is 2.51. The summed E-state index contributed by atoms with van der Waals surface area (Å²) >= 11 is 1.65. The van der Waals surface area contributed by atoms with Crippen LogP contribution in [0.15, 0.2) is 41.6 Å². The van der Waals surface area contributed by atoms with Gasteiger partial charge in [-0.2, -0.15) is 51.3 Å². The van der Waals surface area contributed by atoms with Gasteiger partial charge in [0.2, 0.25) is 0 Å². The third-order valence-electron chi connectivity index (χ3n) is 6.02. The SMILES string of the molecule is Cc1cc(C2=NOC(c3cc(C(F)(F)F)cc(C(F)(F)F)c3)(C(F)(F)F)C2)ccc1C(=O)NC1CSC1. The summed E-state index contributed by atoms with van der Waals surface area (Å²) in [7, 11) is 0. The van der Waals surface area contributed by atoms with E-state index in [9.17, 15) is 44.3 Å². The Morgan fingerprint density at radius 2 is 1.57 bits per heavy atom. The number of alkyl halides is 9. The van der Waals surface area contributed by atoms with Crippen molar-refractivity contribution in [2.75, 3.05) is 11.5 Å². The van der Waals surface area contributed by atoms with Crippen molar-refractivity contribution in [3.05, 3.63) is 69.8 Å². The smallest absolute Gasteiger partial charge is 0.374 e. The Morgan fingerprint density at radius 1 is 0.973 bits per heavy atom. The normalized spacial score (nSPS) is 20.8. The molecule has 0 radical (unpaired) electrons. The van der Waals surface area contributed by atoms with E-state index in [-0.39, 0.29) is 47.0 Å². The summed E-state index contributed by atoms with van der Waals surface area (Å²) in [5.74, 6) is 1.12. The molecule has 14 heteroatoms. The maximum Gasteiger partial charge on any atom is 0.435 e. The van der Waals surface area contributed by atoms with E-state index < -0.39 is 47.2 Å². The number of oxime groups is 1. The molecule has 200 valence electrons. The average molecular weight is 556 g/mol. The second-order valence-corrected chi connectivity index (χ2v) is 9.74. The second-order valence-electron chi connectivity index (χ2n) is 8.66. The molecule has 37 heavy (non-hydrogen) atoms. The van der Waals surface area contributed by atoms with Gasteiger partial charge in [-0.3, -0.25) is 4.79 Å². The first-order chi connectivity index (χ1) is 17.0. The first-order valence-corrected chi connectivity index (χ1v) is 11.8. The third kappa shape index (κ3) is 5.25. The van der Waals surface area contributed by atoms with Crippen LogP contribution in [0, 0.1) is 6.92 Å². The number of amides is 1. The number of hydrogen-bond donors (Lipinski definition) is 1. The molecule has 0 bridgehead atoms. The van der Waals surface area contributed by atoms with Gasteiger partial charge in [0, 0.05) is 35.1 Å². The molecule has 2 aliphatic heterocycles. The molecule has 0 aromatic heterocycles. The van der Waals surface area contributed by atoms with E-state index in [1.807, 2.05) is 0 Å². The number of nitrogens with one attached hydrogen (secondary N) is 1. The Kier molecular flexibility index (Phi) is 6.70. The van der Waals surface area contributed by atoms with Gasteiger partial charge in [-0.1, -0.05) is 11.2 Å². The molecule has 1 amide bonds. The van der Waals surface area contributed by atoms with Crippen molar-refractivity contribution >= 4 is 23.4 Å². The number of thioether (sulfide) groups is 1. The molecule has 1 fully saturated rings. The first-order valence-electron chi connectivity index (χ1n) is 10.6. The summed E-state index contributed by atoms with van der Waals surface area (Å²) in [5.41, 5.74) is -8.43. The minimum absolute atomic E-state index is 0.00522. The van der Waals surface area contributed by atoms with E-state index in [1.165, 1.54) is 25.1 Å². The van der Waals surface area contributed by atoms with Crippen molar-refractivity contribution in [1.29, 1.82) is 0 Å². The number of nitrogens with zero attached hydrogens (tertiary/aromatic N) is 1. The van der Waals surface area contributed by atoms with Gasteiger partial charge < -0.3 is 10.2 Å². The highest BCUT2D eigenvalue weighted by molar-refractivity contribution is 8.00. The van der Waals surface area contributed by atoms with Gasteiger partial charge in [-0.15, -0.1) is 0 Å². The van der Waals surface area contributed by atoms with Gasteiger partial charge in [0.25, 0.3) is 11.5 Å². The van der Waals surface area contributed by atoms with Gasteiger partial charge in [0.15, 0.2) is 0 Å². The summed E-state index contributed by atoms with van der Waals surface area (Å²) in [6.45, 7) is 1.53. The molecule has 2 aromatic rings. The molecule has 4 nitrogen and oxygen atoms in total. The molecule has 4 rings (SSSR count). The zero-order valence-electron chi connectivity index (χ0n) is 18.7. The Bertz CT molecular complexity index is 1220. The number of carbonyl (C=O) groups is 1. The van der Waals surface area contributed by atoms with E-state index in [4.69, 9.17) is 0 Å². The predicted octanol–water partition coefficient (Wildman–Crippen LogP) is 6.46. The lowest BCUT2D eigenvalue weighted by Gasteiger charge is -2.30. The number of carbonyl (C=O) groups excluding carboxylic acids is 1. The van der Waals surface area contributed by atoms with Crippen LogP contribution in [0.1, 0.15) is 44.6 Å². The van der Waals surface area contributed by atoms with E-state index in [0.29, 0.717) is 5.56 Å². The van der Waals surface area contributed by atoms with Gasteiger partial charge in [-0.25, -0.2) is 0 Å². The number of halogens is 9. The van der Waals surface area contributed by atoms with Crippen molar-refractivity contribution in [3.63, 3.8) is 0 Å². The van der Waals surface area contributed by atoms with E-state index in [1.54, 1.807) is 11.8 Å². The lowest BCUT2D eigenvalue weighted by molar-refractivity contribution is -0.276. The maximum atomic E-state index is 14.2. The van der Waals surface area contributed by atoms with Gasteiger partial charge >= 0.3 is 18.5 Å². The van der Waals surface area contributed by atoms with E-state index in [2.05, 4.69) is 15.3 Å². The molecule has 0 saturated carbocycles. The van der Waals surface area contributed by atoms with Crippen LogP contribution in [0.3, 0.4) is 0 Å².